The Morgan fingerprint density at radius 1 is 1.05 bits per heavy atom. The normalized spacial score (nSPS) is 16.7. The zero-order valence-corrected chi connectivity index (χ0v) is 13.3. The first kappa shape index (κ1) is 13.3. The van der Waals surface area contributed by atoms with Gasteiger partial charge in [-0.3, -0.25) is 4.90 Å². The second-order valence-electron chi connectivity index (χ2n) is 5.09. The first-order valence-corrected chi connectivity index (χ1v) is 8.50. The third-order valence-corrected chi connectivity index (χ3v) is 5.30. The second-order valence-corrected chi connectivity index (χ2v) is 7.61. The highest BCUT2D eigenvalue weighted by Crippen LogP contribution is 2.35. The number of rotatable bonds is 3. The lowest BCUT2D eigenvalue weighted by Gasteiger charge is -2.26. The molecule has 3 rings (SSSR count). The van der Waals surface area contributed by atoms with Gasteiger partial charge >= 0.3 is 0 Å². The van der Waals surface area contributed by atoms with Crippen molar-refractivity contribution in [1.29, 1.82) is 0 Å². The summed E-state index contributed by atoms with van der Waals surface area (Å²) in [6, 6.07) is 13.0. The summed E-state index contributed by atoms with van der Waals surface area (Å²) in [5.41, 5.74) is 2.72. The summed E-state index contributed by atoms with van der Waals surface area (Å²) in [7, 11) is 0. The smallest absolute Gasteiger partial charge is 0.0708 e. The molecule has 1 saturated heterocycles. The molecule has 1 aliphatic heterocycles. The van der Waals surface area contributed by atoms with E-state index in [1.54, 1.807) is 0 Å². The SMILES string of the molecule is Brc1cc(-c2ccccc2)c(CN2CCCCC2)s1. The lowest BCUT2D eigenvalue weighted by atomic mass is 10.1. The van der Waals surface area contributed by atoms with Crippen molar-refractivity contribution in [1.82, 2.24) is 4.90 Å². The fourth-order valence-corrected chi connectivity index (χ4v) is 4.46. The molecular formula is C16H18BrNS. The monoisotopic (exact) mass is 335 g/mol. The van der Waals surface area contributed by atoms with Gasteiger partial charge in [-0.2, -0.15) is 0 Å². The average molecular weight is 336 g/mol. The highest BCUT2D eigenvalue weighted by Gasteiger charge is 2.15. The summed E-state index contributed by atoms with van der Waals surface area (Å²) in [5.74, 6) is 0. The Kier molecular flexibility index (Phi) is 4.36. The van der Waals surface area contributed by atoms with Crippen LogP contribution in [0.2, 0.25) is 0 Å². The number of likely N-dealkylation sites (tertiary alicyclic amines) is 1. The van der Waals surface area contributed by atoms with Gasteiger partial charge in [0.25, 0.3) is 0 Å². The molecule has 0 radical (unpaired) electrons. The molecule has 0 spiro atoms. The molecule has 2 aromatic rings. The van der Waals surface area contributed by atoms with E-state index in [4.69, 9.17) is 0 Å². The predicted molar refractivity (Wildman–Crippen MR) is 86.6 cm³/mol. The van der Waals surface area contributed by atoms with Gasteiger partial charge in [0.1, 0.15) is 0 Å². The molecular weight excluding hydrogens is 318 g/mol. The first-order chi connectivity index (χ1) is 9.33. The van der Waals surface area contributed by atoms with Crippen molar-refractivity contribution in [3.8, 4) is 11.1 Å². The maximum absolute atomic E-state index is 3.65. The first-order valence-electron chi connectivity index (χ1n) is 6.89. The molecule has 0 aliphatic carbocycles. The minimum Gasteiger partial charge on any atom is -0.298 e. The highest BCUT2D eigenvalue weighted by atomic mass is 79.9. The van der Waals surface area contributed by atoms with Gasteiger partial charge in [-0.1, -0.05) is 36.8 Å². The molecule has 1 nitrogen and oxygen atoms in total. The molecule has 1 aliphatic rings. The van der Waals surface area contributed by atoms with Gasteiger partial charge in [0.15, 0.2) is 0 Å². The minimum atomic E-state index is 1.10. The number of benzene rings is 1. The molecule has 0 atom stereocenters. The Labute approximate surface area is 127 Å². The van der Waals surface area contributed by atoms with Crippen molar-refractivity contribution in [2.24, 2.45) is 0 Å². The van der Waals surface area contributed by atoms with Crippen molar-refractivity contribution < 1.29 is 0 Å². The van der Waals surface area contributed by atoms with Crippen LogP contribution < -0.4 is 0 Å². The van der Waals surface area contributed by atoms with Crippen LogP contribution in [-0.4, -0.2) is 18.0 Å². The molecule has 0 unspecified atom stereocenters. The summed E-state index contributed by atoms with van der Waals surface area (Å²) in [5, 5.41) is 0. The van der Waals surface area contributed by atoms with E-state index < -0.39 is 0 Å². The zero-order valence-electron chi connectivity index (χ0n) is 10.9. The lowest BCUT2D eigenvalue weighted by Crippen LogP contribution is -2.28. The molecule has 3 heteroatoms. The van der Waals surface area contributed by atoms with Crippen LogP contribution in [0, 0.1) is 0 Å². The zero-order chi connectivity index (χ0) is 13.1. The second kappa shape index (κ2) is 6.21. The van der Waals surface area contributed by atoms with Crippen LogP contribution in [0.25, 0.3) is 11.1 Å². The fraction of sp³-hybridized carbons (Fsp3) is 0.375. The van der Waals surface area contributed by atoms with E-state index in [-0.39, 0.29) is 0 Å². The average Bonchev–Trinajstić information content (AvgIpc) is 2.82. The van der Waals surface area contributed by atoms with E-state index in [1.165, 1.54) is 52.1 Å². The summed E-state index contributed by atoms with van der Waals surface area (Å²) in [6.07, 6.45) is 4.11. The van der Waals surface area contributed by atoms with E-state index in [0.29, 0.717) is 0 Å². The van der Waals surface area contributed by atoms with Crippen molar-refractivity contribution in [3.05, 3.63) is 45.1 Å². The van der Waals surface area contributed by atoms with Crippen LogP contribution in [-0.2, 0) is 6.54 Å². The van der Waals surface area contributed by atoms with E-state index in [9.17, 15) is 0 Å². The summed E-state index contributed by atoms with van der Waals surface area (Å²) in [4.78, 5) is 4.08. The van der Waals surface area contributed by atoms with Crippen LogP contribution in [0.4, 0.5) is 0 Å². The summed E-state index contributed by atoms with van der Waals surface area (Å²) >= 11 is 5.52. The molecule has 1 aromatic carbocycles. The molecule has 0 saturated carbocycles. The van der Waals surface area contributed by atoms with Crippen LogP contribution >= 0.6 is 27.3 Å². The van der Waals surface area contributed by atoms with E-state index in [2.05, 4.69) is 57.2 Å². The van der Waals surface area contributed by atoms with Crippen molar-refractivity contribution in [3.63, 3.8) is 0 Å². The Morgan fingerprint density at radius 3 is 2.53 bits per heavy atom. The number of nitrogens with zero attached hydrogens (tertiary/aromatic N) is 1. The van der Waals surface area contributed by atoms with E-state index in [0.717, 1.165) is 6.54 Å². The quantitative estimate of drug-likeness (QED) is 0.748. The Morgan fingerprint density at radius 2 is 1.79 bits per heavy atom. The van der Waals surface area contributed by atoms with Crippen LogP contribution in [0.3, 0.4) is 0 Å². The predicted octanol–water partition coefficient (Wildman–Crippen LogP) is 5.16. The van der Waals surface area contributed by atoms with Gasteiger partial charge < -0.3 is 0 Å². The number of thiophene rings is 1. The number of piperidine rings is 1. The summed E-state index contributed by atoms with van der Waals surface area (Å²) in [6.45, 7) is 3.61. The molecule has 19 heavy (non-hydrogen) atoms. The van der Waals surface area contributed by atoms with Crippen molar-refractivity contribution >= 4 is 27.3 Å². The molecule has 1 fully saturated rings. The van der Waals surface area contributed by atoms with E-state index >= 15 is 0 Å². The third kappa shape index (κ3) is 3.28. The molecule has 100 valence electrons. The standard InChI is InChI=1S/C16H18BrNS/c17-16-11-14(13-7-3-1-4-8-13)15(19-16)12-18-9-5-2-6-10-18/h1,3-4,7-8,11H,2,5-6,9-10,12H2. The fourth-order valence-electron chi connectivity index (χ4n) is 2.70. The Balaban J connectivity index is 1.85. The summed E-state index contributed by atoms with van der Waals surface area (Å²) < 4.78 is 1.23. The van der Waals surface area contributed by atoms with Gasteiger partial charge in [-0.25, -0.2) is 0 Å². The van der Waals surface area contributed by atoms with Crippen molar-refractivity contribution in [2.45, 2.75) is 25.8 Å². The molecule has 0 bridgehead atoms. The van der Waals surface area contributed by atoms with Gasteiger partial charge in [0.05, 0.1) is 3.79 Å². The number of hydrogen-bond donors (Lipinski definition) is 0. The number of hydrogen-bond acceptors (Lipinski definition) is 2. The van der Waals surface area contributed by atoms with Crippen molar-refractivity contribution in [2.75, 3.05) is 13.1 Å². The highest BCUT2D eigenvalue weighted by molar-refractivity contribution is 9.11. The maximum atomic E-state index is 3.65. The van der Waals surface area contributed by atoms with Crippen LogP contribution in [0.5, 0.6) is 0 Å². The largest absolute Gasteiger partial charge is 0.298 e. The van der Waals surface area contributed by atoms with Gasteiger partial charge in [0, 0.05) is 11.4 Å². The minimum absolute atomic E-state index is 1.10. The van der Waals surface area contributed by atoms with Gasteiger partial charge in [-0.15, -0.1) is 11.3 Å². The Hall–Kier alpha value is -0.640. The lowest BCUT2D eigenvalue weighted by molar-refractivity contribution is 0.223. The molecule has 1 aromatic heterocycles. The third-order valence-electron chi connectivity index (χ3n) is 3.68. The molecule has 0 N–H and O–H groups in total. The topological polar surface area (TPSA) is 3.24 Å². The van der Waals surface area contributed by atoms with Gasteiger partial charge in [-0.05, 0) is 59.1 Å². The van der Waals surface area contributed by atoms with E-state index in [1.807, 2.05) is 11.3 Å². The number of halogens is 1. The van der Waals surface area contributed by atoms with Gasteiger partial charge in [0.2, 0.25) is 0 Å². The van der Waals surface area contributed by atoms with Crippen LogP contribution in [0.1, 0.15) is 24.1 Å². The van der Waals surface area contributed by atoms with Crippen LogP contribution in [0.15, 0.2) is 40.2 Å². The maximum Gasteiger partial charge on any atom is 0.0708 e. The Bertz CT molecular complexity index is 529. The molecule has 0 amide bonds. The molecule has 2 heterocycles.